The van der Waals surface area contributed by atoms with Crippen molar-refractivity contribution < 1.29 is 9.53 Å². The van der Waals surface area contributed by atoms with Gasteiger partial charge >= 0.3 is 0 Å². The number of hydrogen-bond donors (Lipinski definition) is 1. The number of aromatic nitrogens is 1. The molecule has 0 saturated carbocycles. The monoisotopic (exact) mass is 284 g/mol. The molecule has 110 valence electrons. The van der Waals surface area contributed by atoms with Crippen molar-refractivity contribution in [3.8, 4) is 5.75 Å². The van der Waals surface area contributed by atoms with E-state index in [0.29, 0.717) is 18.0 Å². The zero-order chi connectivity index (χ0) is 15.2. The Labute approximate surface area is 125 Å². The summed E-state index contributed by atoms with van der Waals surface area (Å²) in [5.74, 6) is 1.09. The third-order valence-corrected chi connectivity index (χ3v) is 3.21. The number of carbonyl (C=O) groups excluding carboxylic acids is 1. The van der Waals surface area contributed by atoms with Gasteiger partial charge in [0.1, 0.15) is 11.6 Å². The highest BCUT2D eigenvalue weighted by molar-refractivity contribution is 5.94. The lowest BCUT2D eigenvalue weighted by atomic mass is 10.2. The van der Waals surface area contributed by atoms with Gasteiger partial charge in [0.25, 0.3) is 5.91 Å². The summed E-state index contributed by atoms with van der Waals surface area (Å²) in [5.41, 5.74) is 2.08. The van der Waals surface area contributed by atoms with E-state index in [1.165, 1.54) is 0 Å². The minimum Gasteiger partial charge on any atom is -0.481 e. The first-order valence-electron chi connectivity index (χ1n) is 7.06. The minimum absolute atomic E-state index is 0.181. The molecule has 21 heavy (non-hydrogen) atoms. The van der Waals surface area contributed by atoms with Crippen molar-refractivity contribution in [1.82, 2.24) is 4.98 Å². The van der Waals surface area contributed by atoms with Gasteiger partial charge in [-0.25, -0.2) is 4.98 Å². The van der Waals surface area contributed by atoms with E-state index in [0.717, 1.165) is 11.1 Å². The molecule has 0 radical (unpaired) electrons. The summed E-state index contributed by atoms with van der Waals surface area (Å²) < 4.78 is 5.75. The number of nitrogens with one attached hydrogen (secondary N) is 1. The average molecular weight is 284 g/mol. The Balaban J connectivity index is 2.05. The third kappa shape index (κ3) is 4.05. The number of amides is 1. The number of benzene rings is 1. The SMILES string of the molecule is CC[C@@H](Oc1ccc(C)cc1)C(=O)Nc1ncccc1C. The van der Waals surface area contributed by atoms with Gasteiger partial charge in [-0.1, -0.05) is 30.7 Å². The fraction of sp³-hybridized carbons (Fsp3) is 0.294. The van der Waals surface area contributed by atoms with E-state index in [-0.39, 0.29) is 5.91 Å². The number of carbonyl (C=O) groups is 1. The van der Waals surface area contributed by atoms with Crippen molar-refractivity contribution in [2.45, 2.75) is 33.3 Å². The second-order valence-electron chi connectivity index (χ2n) is 4.99. The third-order valence-electron chi connectivity index (χ3n) is 3.21. The Kier molecular flexibility index (Phi) is 4.93. The largest absolute Gasteiger partial charge is 0.481 e. The van der Waals surface area contributed by atoms with Crippen LogP contribution in [0.2, 0.25) is 0 Å². The van der Waals surface area contributed by atoms with Crippen LogP contribution in [-0.2, 0) is 4.79 Å². The molecule has 2 rings (SSSR count). The van der Waals surface area contributed by atoms with Gasteiger partial charge < -0.3 is 10.1 Å². The molecule has 4 nitrogen and oxygen atoms in total. The number of aryl methyl sites for hydroxylation is 2. The second kappa shape index (κ2) is 6.88. The van der Waals surface area contributed by atoms with E-state index in [4.69, 9.17) is 4.74 Å². The summed E-state index contributed by atoms with van der Waals surface area (Å²) in [6.45, 7) is 5.84. The van der Waals surface area contributed by atoms with Gasteiger partial charge in [-0.15, -0.1) is 0 Å². The number of rotatable bonds is 5. The highest BCUT2D eigenvalue weighted by atomic mass is 16.5. The molecule has 0 spiro atoms. The van der Waals surface area contributed by atoms with Crippen molar-refractivity contribution in [3.63, 3.8) is 0 Å². The molecule has 0 aliphatic rings. The molecule has 1 aromatic heterocycles. The molecule has 1 N–H and O–H groups in total. The molecule has 2 aromatic rings. The van der Waals surface area contributed by atoms with E-state index in [2.05, 4.69) is 10.3 Å². The molecule has 1 atom stereocenters. The first-order valence-corrected chi connectivity index (χ1v) is 7.06. The van der Waals surface area contributed by atoms with Crippen LogP contribution in [0.15, 0.2) is 42.6 Å². The summed E-state index contributed by atoms with van der Waals surface area (Å²) in [6, 6.07) is 11.4. The molecule has 0 unspecified atom stereocenters. The van der Waals surface area contributed by atoms with Crippen molar-refractivity contribution in [1.29, 1.82) is 0 Å². The Hall–Kier alpha value is -2.36. The topological polar surface area (TPSA) is 51.2 Å². The minimum atomic E-state index is -0.533. The first-order chi connectivity index (χ1) is 10.1. The van der Waals surface area contributed by atoms with Crippen LogP contribution in [0.3, 0.4) is 0 Å². The Bertz CT molecular complexity index is 608. The summed E-state index contributed by atoms with van der Waals surface area (Å²) in [5, 5.41) is 2.82. The van der Waals surface area contributed by atoms with Crippen LogP contribution in [0.4, 0.5) is 5.82 Å². The first kappa shape index (κ1) is 15.0. The molecule has 0 saturated heterocycles. The molecule has 1 amide bonds. The number of anilines is 1. The molecule has 0 bridgehead atoms. The highest BCUT2D eigenvalue weighted by Crippen LogP contribution is 2.16. The molecule has 0 aliphatic carbocycles. The van der Waals surface area contributed by atoms with Crippen LogP contribution in [0.5, 0.6) is 5.75 Å². The number of hydrogen-bond acceptors (Lipinski definition) is 3. The second-order valence-corrected chi connectivity index (χ2v) is 4.99. The zero-order valence-corrected chi connectivity index (χ0v) is 12.6. The molecule has 0 fully saturated rings. The number of pyridine rings is 1. The van der Waals surface area contributed by atoms with E-state index in [1.54, 1.807) is 6.20 Å². The lowest BCUT2D eigenvalue weighted by molar-refractivity contribution is -0.122. The molecule has 0 aliphatic heterocycles. The van der Waals surface area contributed by atoms with E-state index in [1.807, 2.05) is 57.2 Å². The van der Waals surface area contributed by atoms with Gasteiger partial charge in [0.05, 0.1) is 0 Å². The fourth-order valence-corrected chi connectivity index (χ4v) is 1.92. The smallest absolute Gasteiger partial charge is 0.266 e. The lowest BCUT2D eigenvalue weighted by Crippen LogP contribution is -2.32. The van der Waals surface area contributed by atoms with E-state index < -0.39 is 6.10 Å². The van der Waals surface area contributed by atoms with Crippen molar-refractivity contribution in [2.24, 2.45) is 0 Å². The van der Waals surface area contributed by atoms with Crippen LogP contribution >= 0.6 is 0 Å². The summed E-state index contributed by atoms with van der Waals surface area (Å²) in [4.78, 5) is 16.5. The van der Waals surface area contributed by atoms with Gasteiger partial charge in [0, 0.05) is 6.20 Å². The van der Waals surface area contributed by atoms with Gasteiger partial charge in [0.2, 0.25) is 0 Å². The van der Waals surface area contributed by atoms with Gasteiger partial charge in [-0.3, -0.25) is 4.79 Å². The van der Waals surface area contributed by atoms with E-state index in [9.17, 15) is 4.79 Å². The molecule has 4 heteroatoms. The van der Waals surface area contributed by atoms with E-state index >= 15 is 0 Å². The number of ether oxygens (including phenoxy) is 1. The summed E-state index contributed by atoms with van der Waals surface area (Å²) in [7, 11) is 0. The quantitative estimate of drug-likeness (QED) is 0.914. The van der Waals surface area contributed by atoms with Gasteiger partial charge in [-0.05, 0) is 44.0 Å². The van der Waals surface area contributed by atoms with Crippen LogP contribution in [0.1, 0.15) is 24.5 Å². The van der Waals surface area contributed by atoms with Crippen LogP contribution in [0, 0.1) is 13.8 Å². The summed E-state index contributed by atoms with van der Waals surface area (Å²) in [6.07, 6.45) is 1.71. The number of nitrogens with zero attached hydrogens (tertiary/aromatic N) is 1. The highest BCUT2D eigenvalue weighted by Gasteiger charge is 2.19. The molecule has 1 heterocycles. The lowest BCUT2D eigenvalue weighted by Gasteiger charge is -2.17. The van der Waals surface area contributed by atoms with Crippen molar-refractivity contribution in [2.75, 3.05) is 5.32 Å². The normalized spacial score (nSPS) is 11.8. The predicted molar refractivity (Wildman–Crippen MR) is 83.5 cm³/mol. The van der Waals surface area contributed by atoms with Crippen LogP contribution in [-0.4, -0.2) is 17.0 Å². The van der Waals surface area contributed by atoms with Crippen molar-refractivity contribution >= 4 is 11.7 Å². The van der Waals surface area contributed by atoms with Gasteiger partial charge in [-0.2, -0.15) is 0 Å². The molecular weight excluding hydrogens is 264 g/mol. The van der Waals surface area contributed by atoms with Crippen LogP contribution in [0.25, 0.3) is 0 Å². The summed E-state index contributed by atoms with van der Waals surface area (Å²) >= 11 is 0. The standard InChI is InChI=1S/C17H20N2O2/c1-4-15(21-14-9-7-12(2)8-10-14)17(20)19-16-13(3)6-5-11-18-16/h5-11,15H,4H2,1-3H3,(H,18,19,20)/t15-/m1/s1. The van der Waals surface area contributed by atoms with Crippen LogP contribution < -0.4 is 10.1 Å². The predicted octanol–water partition coefficient (Wildman–Crippen LogP) is 3.49. The Morgan fingerprint density at radius 1 is 1.24 bits per heavy atom. The molecule has 1 aromatic carbocycles. The maximum Gasteiger partial charge on any atom is 0.266 e. The maximum absolute atomic E-state index is 12.3. The zero-order valence-electron chi connectivity index (χ0n) is 12.6. The van der Waals surface area contributed by atoms with Crippen molar-refractivity contribution in [3.05, 3.63) is 53.7 Å². The maximum atomic E-state index is 12.3. The average Bonchev–Trinajstić information content (AvgIpc) is 2.49. The molecular formula is C17H20N2O2. The Morgan fingerprint density at radius 3 is 2.57 bits per heavy atom. The fourth-order valence-electron chi connectivity index (χ4n) is 1.92. The Morgan fingerprint density at radius 2 is 1.95 bits per heavy atom. The van der Waals surface area contributed by atoms with Gasteiger partial charge in [0.15, 0.2) is 6.10 Å².